The van der Waals surface area contributed by atoms with Crippen LogP contribution >= 0.6 is 12.2 Å². The van der Waals surface area contributed by atoms with Crippen molar-refractivity contribution in [2.24, 2.45) is 5.92 Å². The van der Waals surface area contributed by atoms with Gasteiger partial charge < -0.3 is 20.8 Å². The van der Waals surface area contributed by atoms with Crippen molar-refractivity contribution in [3.05, 3.63) is 65.7 Å². The highest BCUT2D eigenvalue weighted by molar-refractivity contribution is 7.80. The van der Waals surface area contributed by atoms with E-state index in [1.165, 1.54) is 48.5 Å². The minimum atomic E-state index is -5.18. The van der Waals surface area contributed by atoms with Crippen LogP contribution in [-0.2, 0) is 0 Å². The maximum Gasteiger partial charge on any atom is 0.437 e. The standard InChI is InChI=1S/C18H15F3N2O3S/c19-18(20,21)17(26)13(15(25)11-4-2-1-3-5-11)14(22-16(27)23-17)10-6-8-12(24)9-7-10/h1-9,13-14,24,26H,(H2,22,23,27)/t13-,14+,17-/m0/s1. The van der Waals surface area contributed by atoms with Gasteiger partial charge in [-0.2, -0.15) is 13.2 Å². The molecule has 2 aromatic carbocycles. The van der Waals surface area contributed by atoms with Crippen LogP contribution < -0.4 is 10.6 Å². The molecule has 1 aliphatic rings. The summed E-state index contributed by atoms with van der Waals surface area (Å²) in [6.07, 6.45) is -5.18. The lowest BCUT2D eigenvalue weighted by Gasteiger charge is -2.46. The molecule has 1 aliphatic heterocycles. The van der Waals surface area contributed by atoms with Crippen LogP contribution in [0.4, 0.5) is 13.2 Å². The average Bonchev–Trinajstić information content (AvgIpc) is 2.61. The van der Waals surface area contributed by atoms with E-state index in [9.17, 15) is 28.2 Å². The summed E-state index contributed by atoms with van der Waals surface area (Å²) in [5.41, 5.74) is -3.29. The smallest absolute Gasteiger partial charge is 0.437 e. The minimum Gasteiger partial charge on any atom is -0.508 e. The molecule has 1 heterocycles. The first-order valence-corrected chi connectivity index (χ1v) is 8.30. The maximum atomic E-state index is 13.8. The fourth-order valence-corrected chi connectivity index (χ4v) is 3.36. The van der Waals surface area contributed by atoms with E-state index in [-0.39, 0.29) is 16.9 Å². The molecule has 142 valence electrons. The molecule has 0 radical (unpaired) electrons. The number of ketones is 1. The lowest BCUT2D eigenvalue weighted by Crippen LogP contribution is -2.72. The molecule has 4 N–H and O–H groups in total. The number of aliphatic hydroxyl groups is 1. The van der Waals surface area contributed by atoms with Crippen molar-refractivity contribution in [3.8, 4) is 5.75 Å². The Morgan fingerprint density at radius 1 is 1.07 bits per heavy atom. The molecule has 9 heteroatoms. The number of aromatic hydroxyl groups is 1. The number of nitrogens with one attached hydrogen (secondary N) is 2. The van der Waals surface area contributed by atoms with Crippen LogP contribution in [0.5, 0.6) is 5.75 Å². The van der Waals surface area contributed by atoms with Crippen LogP contribution in [0.25, 0.3) is 0 Å². The van der Waals surface area contributed by atoms with Gasteiger partial charge in [0.15, 0.2) is 10.9 Å². The summed E-state index contributed by atoms with van der Waals surface area (Å²) in [6, 6.07) is 11.4. The number of benzene rings is 2. The first-order valence-electron chi connectivity index (χ1n) is 7.89. The third-order valence-electron chi connectivity index (χ3n) is 4.40. The maximum absolute atomic E-state index is 13.8. The fourth-order valence-electron chi connectivity index (χ4n) is 3.08. The second kappa shape index (κ2) is 6.82. The molecule has 0 unspecified atom stereocenters. The van der Waals surface area contributed by atoms with Gasteiger partial charge in [0.25, 0.3) is 0 Å². The van der Waals surface area contributed by atoms with Crippen molar-refractivity contribution >= 4 is 23.1 Å². The Kier molecular flexibility index (Phi) is 4.83. The lowest BCUT2D eigenvalue weighted by atomic mass is 9.77. The number of carbonyl (C=O) groups excluding carboxylic acids is 1. The number of thiocarbonyl (C=S) groups is 1. The minimum absolute atomic E-state index is 0.0189. The molecule has 0 bridgehead atoms. The molecule has 5 nitrogen and oxygen atoms in total. The van der Waals surface area contributed by atoms with Gasteiger partial charge in [-0.25, -0.2) is 0 Å². The molecule has 2 aromatic rings. The highest BCUT2D eigenvalue weighted by Crippen LogP contribution is 2.44. The Hall–Kier alpha value is -2.65. The van der Waals surface area contributed by atoms with Crippen LogP contribution in [0.3, 0.4) is 0 Å². The summed E-state index contributed by atoms with van der Waals surface area (Å²) in [7, 11) is 0. The van der Waals surface area contributed by atoms with Gasteiger partial charge in [0.1, 0.15) is 11.7 Å². The number of phenolic OH excluding ortho intramolecular Hbond substituents is 1. The second-order valence-electron chi connectivity index (χ2n) is 6.14. The molecular formula is C18H15F3N2O3S. The van der Waals surface area contributed by atoms with E-state index in [0.717, 1.165) is 0 Å². The van der Waals surface area contributed by atoms with E-state index < -0.39 is 34.8 Å². The normalized spacial score (nSPS) is 25.4. The Bertz CT molecular complexity index is 858. The van der Waals surface area contributed by atoms with Crippen LogP contribution in [0.15, 0.2) is 54.6 Å². The largest absolute Gasteiger partial charge is 0.508 e. The zero-order chi connectivity index (χ0) is 19.8. The molecule has 27 heavy (non-hydrogen) atoms. The number of alkyl halides is 3. The molecule has 0 aliphatic carbocycles. The Morgan fingerprint density at radius 2 is 1.67 bits per heavy atom. The molecule has 0 amide bonds. The number of Topliss-reactive ketones (excluding diaryl/α,β-unsaturated/α-hetero) is 1. The molecule has 1 fully saturated rings. The van der Waals surface area contributed by atoms with Crippen molar-refractivity contribution in [1.82, 2.24) is 10.6 Å². The van der Waals surface area contributed by atoms with Crippen LogP contribution in [0.2, 0.25) is 0 Å². The highest BCUT2D eigenvalue weighted by atomic mass is 32.1. The van der Waals surface area contributed by atoms with Gasteiger partial charge >= 0.3 is 6.18 Å². The fraction of sp³-hybridized carbons (Fsp3) is 0.222. The van der Waals surface area contributed by atoms with E-state index in [4.69, 9.17) is 12.2 Å². The van der Waals surface area contributed by atoms with Crippen LogP contribution in [-0.4, -0.2) is 33.0 Å². The molecule has 0 aromatic heterocycles. The molecule has 0 saturated carbocycles. The van der Waals surface area contributed by atoms with Gasteiger partial charge in [0, 0.05) is 5.56 Å². The number of carbonyl (C=O) groups is 1. The second-order valence-corrected chi connectivity index (χ2v) is 6.55. The summed E-state index contributed by atoms with van der Waals surface area (Å²) >= 11 is 4.84. The van der Waals surface area contributed by atoms with Crippen molar-refractivity contribution in [2.75, 3.05) is 0 Å². The zero-order valence-electron chi connectivity index (χ0n) is 13.7. The third-order valence-corrected chi connectivity index (χ3v) is 4.62. The van der Waals surface area contributed by atoms with E-state index in [1.54, 1.807) is 6.07 Å². The molecule has 3 rings (SSSR count). The monoisotopic (exact) mass is 396 g/mol. The topological polar surface area (TPSA) is 81.6 Å². The van der Waals surface area contributed by atoms with Crippen molar-refractivity contribution in [1.29, 1.82) is 0 Å². The summed E-state index contributed by atoms with van der Waals surface area (Å²) < 4.78 is 41.4. The first kappa shape index (κ1) is 19.1. The molecular weight excluding hydrogens is 381 g/mol. The number of rotatable bonds is 3. The van der Waals surface area contributed by atoms with Crippen molar-refractivity contribution in [2.45, 2.75) is 17.9 Å². The van der Waals surface area contributed by atoms with Gasteiger partial charge in [-0.05, 0) is 29.9 Å². The van der Waals surface area contributed by atoms with Gasteiger partial charge in [0.2, 0.25) is 5.72 Å². The van der Waals surface area contributed by atoms with Crippen LogP contribution in [0.1, 0.15) is 22.0 Å². The van der Waals surface area contributed by atoms with E-state index in [0.29, 0.717) is 0 Å². The van der Waals surface area contributed by atoms with Gasteiger partial charge in [-0.1, -0.05) is 42.5 Å². The molecule has 0 spiro atoms. The van der Waals surface area contributed by atoms with E-state index in [2.05, 4.69) is 5.32 Å². The van der Waals surface area contributed by atoms with Crippen molar-refractivity contribution in [3.63, 3.8) is 0 Å². The zero-order valence-corrected chi connectivity index (χ0v) is 14.5. The summed E-state index contributed by atoms with van der Waals surface area (Å²) in [5, 5.41) is 24.0. The summed E-state index contributed by atoms with van der Waals surface area (Å²) in [5.74, 6) is -2.96. The number of hydrogen-bond acceptors (Lipinski definition) is 4. The molecule has 1 saturated heterocycles. The van der Waals surface area contributed by atoms with Gasteiger partial charge in [-0.3, -0.25) is 4.79 Å². The van der Waals surface area contributed by atoms with Gasteiger partial charge in [0.05, 0.1) is 6.04 Å². The Morgan fingerprint density at radius 3 is 2.22 bits per heavy atom. The third kappa shape index (κ3) is 3.47. The quantitative estimate of drug-likeness (QED) is 0.472. The number of hydrogen-bond donors (Lipinski definition) is 4. The van der Waals surface area contributed by atoms with Crippen LogP contribution in [0, 0.1) is 5.92 Å². The van der Waals surface area contributed by atoms with Gasteiger partial charge in [-0.15, -0.1) is 0 Å². The number of halogens is 3. The first-order chi connectivity index (χ1) is 12.6. The Labute approximate surface area is 157 Å². The number of phenols is 1. The van der Waals surface area contributed by atoms with E-state index in [1.807, 2.05) is 5.32 Å². The highest BCUT2D eigenvalue weighted by Gasteiger charge is 2.65. The van der Waals surface area contributed by atoms with E-state index >= 15 is 0 Å². The summed E-state index contributed by atoms with van der Waals surface area (Å²) in [4.78, 5) is 13.0. The Balaban J connectivity index is 2.15. The lowest BCUT2D eigenvalue weighted by molar-refractivity contribution is -0.285. The average molecular weight is 396 g/mol. The summed E-state index contributed by atoms with van der Waals surface area (Å²) in [6.45, 7) is 0. The predicted octanol–water partition coefficient (Wildman–Crippen LogP) is 2.66. The van der Waals surface area contributed by atoms with Crippen molar-refractivity contribution < 1.29 is 28.2 Å². The molecule has 3 atom stereocenters. The SMILES string of the molecule is O=C(c1ccccc1)[C@@H]1[C@@H](c2ccc(O)cc2)NC(=S)N[C@@]1(O)C(F)(F)F. The predicted molar refractivity (Wildman–Crippen MR) is 95.0 cm³/mol.